The van der Waals surface area contributed by atoms with Crippen molar-refractivity contribution in [2.45, 2.75) is 18.9 Å². The van der Waals surface area contributed by atoms with Crippen molar-refractivity contribution in [2.75, 3.05) is 0 Å². The van der Waals surface area contributed by atoms with E-state index in [2.05, 4.69) is 11.7 Å². The van der Waals surface area contributed by atoms with Gasteiger partial charge in [0.25, 0.3) is 0 Å². The van der Waals surface area contributed by atoms with Gasteiger partial charge in [-0.05, 0) is 17.2 Å². The molecule has 0 aliphatic heterocycles. The van der Waals surface area contributed by atoms with E-state index in [0.29, 0.717) is 0 Å². The second kappa shape index (κ2) is 5.45. The summed E-state index contributed by atoms with van der Waals surface area (Å²) in [5.41, 5.74) is 5.29. The Morgan fingerprint density at radius 3 is 2.55 bits per heavy atom. The first-order chi connectivity index (χ1) is 5.07. The fraction of sp³-hybridized carbons (Fsp3) is 0.600. The van der Waals surface area contributed by atoms with Gasteiger partial charge in [-0.1, -0.05) is 0 Å². The van der Waals surface area contributed by atoms with Crippen molar-refractivity contribution in [3.05, 3.63) is 0 Å². The number of nitrogens with two attached hydrogens (primary N) is 1. The first-order valence-electron chi connectivity index (χ1n) is 2.90. The summed E-state index contributed by atoms with van der Waals surface area (Å²) in [5.74, 6) is -0.947. The number of rotatable bonds is 4. The molecule has 1 atom stereocenters. The molecule has 11 heavy (non-hydrogen) atoms. The normalized spacial score (nSPS) is 12.5. The molecule has 64 valence electrons. The highest BCUT2D eigenvalue weighted by Crippen LogP contribution is 2.11. The van der Waals surface area contributed by atoms with Crippen LogP contribution in [-0.2, 0) is 9.59 Å². The maximum atomic E-state index is 10.7. The summed E-state index contributed by atoms with van der Waals surface area (Å²) in [6.45, 7) is 0. The topological polar surface area (TPSA) is 80.4 Å². The van der Waals surface area contributed by atoms with Crippen molar-refractivity contribution in [1.29, 1.82) is 0 Å². The fourth-order valence-electron chi connectivity index (χ4n) is 0.465. The zero-order chi connectivity index (χ0) is 8.85. The first kappa shape index (κ1) is 10.8. The molecule has 4 nitrogen and oxygen atoms in total. The van der Waals surface area contributed by atoms with Crippen LogP contribution in [0.25, 0.3) is 0 Å². The number of carboxylic acid groups (broad SMARTS) is 1. The number of aliphatic carboxylic acids is 1. The van der Waals surface area contributed by atoms with E-state index in [0.717, 1.165) is 10.8 Å². The van der Waals surface area contributed by atoms with Crippen LogP contribution in [0.2, 0.25) is 0 Å². The van der Waals surface area contributed by atoms with Crippen molar-refractivity contribution in [3.63, 3.8) is 0 Å². The highest BCUT2D eigenvalue weighted by molar-refractivity contribution is 8.74. The number of carboxylic acids is 1. The van der Waals surface area contributed by atoms with Crippen molar-refractivity contribution in [3.8, 4) is 0 Å². The molecule has 0 aromatic carbocycles. The molecule has 0 aromatic rings. The highest BCUT2D eigenvalue weighted by atomic mass is 33.1. The SMILES string of the molecule is NC(CCC(=O)O)C(=O)SS. The molecule has 0 spiro atoms. The van der Waals surface area contributed by atoms with Crippen LogP contribution in [-0.4, -0.2) is 22.2 Å². The summed E-state index contributed by atoms with van der Waals surface area (Å²) in [4.78, 5) is 20.7. The Balaban J connectivity index is 3.60. The predicted octanol–water partition coefficient (Wildman–Crippen LogP) is 0.283. The second-order valence-corrected chi connectivity index (χ2v) is 3.08. The number of carbonyl (C=O) groups is 2. The van der Waals surface area contributed by atoms with Gasteiger partial charge in [0.1, 0.15) is 0 Å². The van der Waals surface area contributed by atoms with Gasteiger partial charge in [0.15, 0.2) is 0 Å². The molecule has 0 saturated heterocycles. The van der Waals surface area contributed by atoms with Crippen LogP contribution in [0.1, 0.15) is 12.8 Å². The van der Waals surface area contributed by atoms with Crippen LogP contribution in [0.15, 0.2) is 0 Å². The zero-order valence-corrected chi connectivity index (χ0v) is 7.40. The van der Waals surface area contributed by atoms with Gasteiger partial charge in [-0.15, -0.1) is 11.7 Å². The standard InChI is InChI=1S/C5H9NO3S2/c6-3(5(9)11-10)1-2-4(7)8/h3,10H,1-2,6H2,(H,7,8). The summed E-state index contributed by atoms with van der Waals surface area (Å²) < 4.78 is 0. The Kier molecular flexibility index (Phi) is 5.35. The lowest BCUT2D eigenvalue weighted by atomic mass is 10.2. The van der Waals surface area contributed by atoms with Crippen molar-refractivity contribution < 1.29 is 14.7 Å². The molecule has 0 bridgehead atoms. The van der Waals surface area contributed by atoms with Gasteiger partial charge in [-0.25, -0.2) is 0 Å². The van der Waals surface area contributed by atoms with Crippen molar-refractivity contribution in [2.24, 2.45) is 5.73 Å². The van der Waals surface area contributed by atoms with Crippen LogP contribution < -0.4 is 5.73 Å². The maximum absolute atomic E-state index is 10.7. The Labute approximate surface area is 73.3 Å². The molecular weight excluding hydrogens is 186 g/mol. The highest BCUT2D eigenvalue weighted by Gasteiger charge is 2.13. The molecule has 6 heteroatoms. The van der Waals surface area contributed by atoms with E-state index in [1.54, 1.807) is 0 Å². The third-order valence-electron chi connectivity index (χ3n) is 1.06. The average Bonchev–Trinajstić information content (AvgIpc) is 1.98. The van der Waals surface area contributed by atoms with Crippen molar-refractivity contribution in [1.82, 2.24) is 0 Å². The molecule has 0 aliphatic rings. The van der Waals surface area contributed by atoms with E-state index in [9.17, 15) is 9.59 Å². The number of carbonyl (C=O) groups excluding carboxylic acids is 1. The summed E-state index contributed by atoms with van der Waals surface area (Å²) in [5, 5.41) is 7.93. The first-order valence-corrected chi connectivity index (χ1v) is 4.77. The monoisotopic (exact) mass is 195 g/mol. The van der Waals surface area contributed by atoms with Gasteiger partial charge in [0.05, 0.1) is 6.04 Å². The van der Waals surface area contributed by atoms with Crippen LogP contribution in [0, 0.1) is 0 Å². The van der Waals surface area contributed by atoms with E-state index in [1.165, 1.54) is 0 Å². The van der Waals surface area contributed by atoms with E-state index in [-0.39, 0.29) is 18.0 Å². The average molecular weight is 195 g/mol. The van der Waals surface area contributed by atoms with E-state index < -0.39 is 12.0 Å². The number of hydrogen-bond acceptors (Lipinski definition) is 5. The molecule has 0 aliphatic carbocycles. The van der Waals surface area contributed by atoms with Crippen molar-refractivity contribution >= 4 is 33.5 Å². The molecule has 0 saturated carbocycles. The summed E-state index contributed by atoms with van der Waals surface area (Å²) in [6, 6.07) is -0.714. The van der Waals surface area contributed by atoms with Crippen LogP contribution in [0.4, 0.5) is 0 Å². The maximum Gasteiger partial charge on any atom is 0.303 e. The summed E-state index contributed by atoms with van der Waals surface area (Å²) in [7, 11) is 0.722. The molecule has 0 aromatic heterocycles. The van der Waals surface area contributed by atoms with E-state index in [4.69, 9.17) is 10.8 Å². The zero-order valence-electron chi connectivity index (χ0n) is 5.69. The second-order valence-electron chi connectivity index (χ2n) is 1.95. The van der Waals surface area contributed by atoms with Gasteiger partial charge in [-0.2, -0.15) is 0 Å². The number of thiol groups is 1. The third kappa shape index (κ3) is 5.11. The molecule has 0 rings (SSSR count). The number of hydrogen-bond donors (Lipinski definition) is 3. The minimum atomic E-state index is -0.947. The Hall–Kier alpha value is -0.200. The van der Waals surface area contributed by atoms with Gasteiger partial charge in [-0.3, -0.25) is 9.59 Å². The molecule has 3 N–H and O–H groups in total. The largest absolute Gasteiger partial charge is 0.481 e. The summed E-state index contributed by atoms with van der Waals surface area (Å²) in [6.07, 6.45) is 0.0863. The Bertz CT molecular complexity index is 162. The van der Waals surface area contributed by atoms with Gasteiger partial charge < -0.3 is 10.8 Å². The van der Waals surface area contributed by atoms with Gasteiger partial charge in [0.2, 0.25) is 5.12 Å². The Morgan fingerprint density at radius 2 is 2.18 bits per heavy atom. The van der Waals surface area contributed by atoms with Crippen LogP contribution in [0.3, 0.4) is 0 Å². The van der Waals surface area contributed by atoms with Crippen LogP contribution in [0.5, 0.6) is 0 Å². The van der Waals surface area contributed by atoms with E-state index >= 15 is 0 Å². The quantitative estimate of drug-likeness (QED) is 0.443. The smallest absolute Gasteiger partial charge is 0.303 e. The van der Waals surface area contributed by atoms with E-state index in [1.807, 2.05) is 0 Å². The molecule has 0 heterocycles. The minimum Gasteiger partial charge on any atom is -0.481 e. The molecule has 0 amide bonds. The van der Waals surface area contributed by atoms with Gasteiger partial charge in [0, 0.05) is 6.42 Å². The predicted molar refractivity (Wildman–Crippen MR) is 46.4 cm³/mol. The van der Waals surface area contributed by atoms with Crippen LogP contribution >= 0.6 is 22.5 Å². The summed E-state index contributed by atoms with van der Waals surface area (Å²) >= 11 is 3.64. The lowest BCUT2D eigenvalue weighted by molar-refractivity contribution is -0.137. The third-order valence-corrected chi connectivity index (χ3v) is 2.08. The molecular formula is C5H9NO3S2. The van der Waals surface area contributed by atoms with Gasteiger partial charge >= 0.3 is 5.97 Å². The fourth-order valence-corrected chi connectivity index (χ4v) is 1.12. The lowest BCUT2D eigenvalue weighted by Crippen LogP contribution is -2.28. The molecule has 1 unspecified atom stereocenters. The lowest BCUT2D eigenvalue weighted by Gasteiger charge is -2.04. The molecule has 0 fully saturated rings. The molecule has 0 radical (unpaired) electrons. The minimum absolute atomic E-state index is 0.0821. The Morgan fingerprint density at radius 1 is 1.64 bits per heavy atom.